The highest BCUT2D eigenvalue weighted by Crippen LogP contribution is 2.38. The highest BCUT2D eigenvalue weighted by Gasteiger charge is 2.25. The van der Waals surface area contributed by atoms with E-state index in [2.05, 4.69) is 66.3 Å². The second kappa shape index (κ2) is 9.22. The van der Waals surface area contributed by atoms with E-state index in [1.165, 1.54) is 16.5 Å². The van der Waals surface area contributed by atoms with Crippen LogP contribution in [0.4, 0.5) is 0 Å². The molecule has 4 aromatic rings. The molecule has 0 radical (unpaired) electrons. The molecule has 0 spiro atoms. The Hall–Kier alpha value is -3.19. The molecule has 7 heteroatoms. The molecule has 1 fully saturated rings. The van der Waals surface area contributed by atoms with Crippen molar-refractivity contribution in [3.63, 3.8) is 0 Å². The molecule has 1 aromatic carbocycles. The van der Waals surface area contributed by atoms with Crippen LogP contribution < -0.4 is 0 Å². The smallest absolute Gasteiger partial charge is 0.224 e. The molecule has 1 amide bonds. The lowest BCUT2D eigenvalue weighted by atomic mass is 9.87. The summed E-state index contributed by atoms with van der Waals surface area (Å²) < 4.78 is 6.92. The largest absolute Gasteiger partial charge is 0.384 e. The average Bonchev–Trinajstić information content (AvgIpc) is 3.47. The van der Waals surface area contributed by atoms with E-state index in [0.717, 1.165) is 53.9 Å². The van der Waals surface area contributed by atoms with Crippen LogP contribution >= 0.6 is 0 Å². The Morgan fingerprint density at radius 3 is 2.76 bits per heavy atom. The number of carbonyl (C=O) groups is 1. The summed E-state index contributed by atoms with van der Waals surface area (Å²) in [5.74, 6) is 1.04. The maximum Gasteiger partial charge on any atom is 0.224 e. The van der Waals surface area contributed by atoms with Gasteiger partial charge in [0.25, 0.3) is 0 Å². The lowest BCUT2D eigenvalue weighted by Gasteiger charge is -2.32. The zero-order chi connectivity index (χ0) is 23.8. The number of nitrogens with zero attached hydrogens (tertiary/aromatic N) is 4. The number of ether oxygens (including phenoxy) is 1. The van der Waals surface area contributed by atoms with Gasteiger partial charge in [0.2, 0.25) is 5.91 Å². The first-order chi connectivity index (χ1) is 16.5. The van der Waals surface area contributed by atoms with Crippen molar-refractivity contribution >= 4 is 22.5 Å². The number of hydrogen-bond acceptors (Lipinski definition) is 4. The topological polar surface area (TPSA) is 75.5 Å². The summed E-state index contributed by atoms with van der Waals surface area (Å²) in [5, 5.41) is 5.65. The van der Waals surface area contributed by atoms with Gasteiger partial charge in [0.1, 0.15) is 6.33 Å². The number of H-pyrrole nitrogens is 1. The van der Waals surface area contributed by atoms with Gasteiger partial charge in [-0.15, -0.1) is 0 Å². The summed E-state index contributed by atoms with van der Waals surface area (Å²) in [6.07, 6.45) is 6.13. The van der Waals surface area contributed by atoms with Crippen LogP contribution in [0.15, 0.2) is 36.8 Å². The lowest BCUT2D eigenvalue weighted by Crippen LogP contribution is -2.38. The third-order valence-corrected chi connectivity index (χ3v) is 7.13. The van der Waals surface area contributed by atoms with Crippen LogP contribution in [0.3, 0.4) is 0 Å². The van der Waals surface area contributed by atoms with Crippen LogP contribution in [-0.4, -0.2) is 57.2 Å². The molecule has 1 aliphatic heterocycles. The number of benzene rings is 1. The first-order valence-corrected chi connectivity index (χ1v) is 12.2. The van der Waals surface area contributed by atoms with E-state index in [1.54, 1.807) is 13.4 Å². The number of fused-ring (bicyclic) bond motifs is 2. The Morgan fingerprint density at radius 1 is 1.24 bits per heavy atom. The van der Waals surface area contributed by atoms with Gasteiger partial charge in [0.05, 0.1) is 18.7 Å². The van der Waals surface area contributed by atoms with Gasteiger partial charge in [-0.1, -0.05) is 19.9 Å². The summed E-state index contributed by atoms with van der Waals surface area (Å²) in [6.45, 7) is 8.71. The van der Waals surface area contributed by atoms with Crippen molar-refractivity contribution in [2.24, 2.45) is 0 Å². The minimum atomic E-state index is 0.202. The second-order valence-corrected chi connectivity index (χ2v) is 9.71. The van der Waals surface area contributed by atoms with Crippen LogP contribution in [0.5, 0.6) is 0 Å². The van der Waals surface area contributed by atoms with Gasteiger partial charge in [-0.25, -0.2) is 9.50 Å². The standard InChI is InChI=1S/C27H33N5O2/c1-17(2)25-22-14-20(19-7-10-31(11-8-19)24(33)9-12-34-4)5-6-23(22)30-26(25)21-13-18(3)27-28-16-29-32(27)15-21/h5-6,13-17,19,30H,7-12H2,1-4H3. The van der Waals surface area contributed by atoms with Crippen molar-refractivity contribution in [3.05, 3.63) is 53.5 Å². The van der Waals surface area contributed by atoms with Crippen LogP contribution in [0, 0.1) is 6.92 Å². The zero-order valence-corrected chi connectivity index (χ0v) is 20.5. The monoisotopic (exact) mass is 459 g/mol. The summed E-state index contributed by atoms with van der Waals surface area (Å²) in [5.41, 5.74) is 8.14. The van der Waals surface area contributed by atoms with Crippen molar-refractivity contribution in [2.45, 2.75) is 51.9 Å². The predicted octanol–water partition coefficient (Wildman–Crippen LogP) is 5.05. The first kappa shape index (κ1) is 22.6. The number of methoxy groups -OCH3 is 1. The Bertz CT molecular complexity index is 1330. The fraction of sp³-hybridized carbons (Fsp3) is 0.444. The minimum Gasteiger partial charge on any atom is -0.384 e. The second-order valence-electron chi connectivity index (χ2n) is 9.71. The minimum absolute atomic E-state index is 0.202. The number of carbonyl (C=O) groups excluding carboxylic acids is 1. The molecule has 0 atom stereocenters. The van der Waals surface area contributed by atoms with E-state index < -0.39 is 0 Å². The van der Waals surface area contributed by atoms with Crippen molar-refractivity contribution in [2.75, 3.05) is 26.8 Å². The van der Waals surface area contributed by atoms with E-state index in [0.29, 0.717) is 24.9 Å². The molecule has 0 saturated carbocycles. The fourth-order valence-corrected chi connectivity index (χ4v) is 5.35. The molecule has 1 saturated heterocycles. The summed E-state index contributed by atoms with van der Waals surface area (Å²) in [4.78, 5) is 22.4. The molecule has 34 heavy (non-hydrogen) atoms. The van der Waals surface area contributed by atoms with Crippen LogP contribution in [0.2, 0.25) is 0 Å². The summed E-state index contributed by atoms with van der Waals surface area (Å²) in [6, 6.07) is 9.04. The third-order valence-electron chi connectivity index (χ3n) is 7.13. The maximum atomic E-state index is 12.4. The summed E-state index contributed by atoms with van der Waals surface area (Å²) in [7, 11) is 1.64. The van der Waals surface area contributed by atoms with E-state index in [1.807, 2.05) is 9.42 Å². The number of hydrogen-bond donors (Lipinski definition) is 1. The van der Waals surface area contributed by atoms with Gasteiger partial charge >= 0.3 is 0 Å². The number of aryl methyl sites for hydroxylation is 1. The van der Waals surface area contributed by atoms with Gasteiger partial charge in [-0.05, 0) is 66.5 Å². The molecule has 0 unspecified atom stereocenters. The molecule has 4 heterocycles. The van der Waals surface area contributed by atoms with Gasteiger partial charge in [0, 0.05) is 42.9 Å². The molecular weight excluding hydrogens is 426 g/mol. The highest BCUT2D eigenvalue weighted by molar-refractivity contribution is 5.92. The molecule has 0 aliphatic carbocycles. The van der Waals surface area contributed by atoms with E-state index in [-0.39, 0.29) is 5.91 Å². The number of likely N-dealkylation sites (tertiary alicyclic amines) is 1. The molecule has 178 valence electrons. The molecule has 5 rings (SSSR count). The Labute approximate surface area is 200 Å². The first-order valence-electron chi connectivity index (χ1n) is 12.2. The predicted molar refractivity (Wildman–Crippen MR) is 134 cm³/mol. The van der Waals surface area contributed by atoms with Crippen molar-refractivity contribution in [3.8, 4) is 11.3 Å². The van der Waals surface area contributed by atoms with Crippen molar-refractivity contribution in [1.82, 2.24) is 24.5 Å². The summed E-state index contributed by atoms with van der Waals surface area (Å²) >= 11 is 0. The number of rotatable bonds is 6. The van der Waals surface area contributed by atoms with Gasteiger partial charge < -0.3 is 14.6 Å². The van der Waals surface area contributed by atoms with Gasteiger partial charge in [-0.3, -0.25) is 4.79 Å². The number of aromatic nitrogens is 4. The number of nitrogens with one attached hydrogen (secondary N) is 1. The zero-order valence-electron chi connectivity index (χ0n) is 20.5. The molecular formula is C27H33N5O2. The van der Waals surface area contributed by atoms with Crippen LogP contribution in [-0.2, 0) is 9.53 Å². The molecule has 7 nitrogen and oxygen atoms in total. The van der Waals surface area contributed by atoms with Crippen molar-refractivity contribution < 1.29 is 9.53 Å². The highest BCUT2D eigenvalue weighted by atomic mass is 16.5. The number of aromatic amines is 1. The van der Waals surface area contributed by atoms with Gasteiger partial charge in [-0.2, -0.15) is 5.10 Å². The van der Waals surface area contributed by atoms with E-state index >= 15 is 0 Å². The van der Waals surface area contributed by atoms with E-state index in [4.69, 9.17) is 4.74 Å². The Kier molecular flexibility index (Phi) is 6.13. The number of pyridine rings is 1. The normalized spacial score (nSPS) is 15.1. The molecule has 0 bridgehead atoms. The van der Waals surface area contributed by atoms with Crippen molar-refractivity contribution in [1.29, 1.82) is 0 Å². The van der Waals surface area contributed by atoms with E-state index in [9.17, 15) is 4.79 Å². The molecule has 1 aliphatic rings. The maximum absolute atomic E-state index is 12.4. The lowest BCUT2D eigenvalue weighted by molar-refractivity contribution is -0.133. The molecule has 1 N–H and O–H groups in total. The fourth-order valence-electron chi connectivity index (χ4n) is 5.35. The molecule has 3 aromatic heterocycles. The Balaban J connectivity index is 1.45. The Morgan fingerprint density at radius 2 is 2.03 bits per heavy atom. The van der Waals surface area contributed by atoms with Gasteiger partial charge in [0.15, 0.2) is 5.65 Å². The van der Waals surface area contributed by atoms with Crippen LogP contribution in [0.25, 0.3) is 27.8 Å². The number of piperidine rings is 1. The number of amides is 1. The third kappa shape index (κ3) is 4.09. The quantitative estimate of drug-likeness (QED) is 0.438. The average molecular weight is 460 g/mol. The van der Waals surface area contributed by atoms with Crippen LogP contribution in [0.1, 0.15) is 61.6 Å². The SMILES string of the molecule is COCCC(=O)N1CCC(c2ccc3[nH]c(-c4cc(C)c5ncnn5c4)c(C(C)C)c3c2)CC1.